The van der Waals surface area contributed by atoms with E-state index in [4.69, 9.17) is 28.9 Å². The molecule has 1 unspecified atom stereocenters. The molecule has 178 valence electrons. The summed E-state index contributed by atoms with van der Waals surface area (Å²) in [4.78, 5) is 38.9. The van der Waals surface area contributed by atoms with Gasteiger partial charge in [-0.3, -0.25) is 9.20 Å². The van der Waals surface area contributed by atoms with Gasteiger partial charge in [0.2, 0.25) is 0 Å². The second-order valence-electron chi connectivity index (χ2n) is 8.36. The maximum Gasteiger partial charge on any atom is 0.344 e. The molecule has 5 aromatic rings. The second kappa shape index (κ2) is 8.24. The van der Waals surface area contributed by atoms with Crippen LogP contribution in [0.2, 0.25) is 0 Å². The van der Waals surface area contributed by atoms with Crippen molar-refractivity contribution in [3.8, 4) is 11.5 Å². The van der Waals surface area contributed by atoms with Crippen LogP contribution in [0.3, 0.4) is 0 Å². The number of nitrogens with zero attached hydrogens (tertiary/aromatic N) is 3. The molecule has 0 radical (unpaired) electrons. The Morgan fingerprint density at radius 3 is 2.60 bits per heavy atom. The van der Waals surface area contributed by atoms with Gasteiger partial charge in [0.25, 0.3) is 5.56 Å². The van der Waals surface area contributed by atoms with E-state index in [0.717, 1.165) is 12.8 Å². The first-order valence-corrected chi connectivity index (χ1v) is 11.3. The topological polar surface area (TPSA) is 117 Å². The molecule has 4 heterocycles. The van der Waals surface area contributed by atoms with Crippen molar-refractivity contribution in [2.75, 3.05) is 27.4 Å². The smallest absolute Gasteiger partial charge is 0.344 e. The predicted molar refractivity (Wildman–Crippen MR) is 128 cm³/mol. The van der Waals surface area contributed by atoms with Crippen LogP contribution in [-0.4, -0.2) is 58.9 Å². The summed E-state index contributed by atoms with van der Waals surface area (Å²) in [6.45, 7) is 0.782. The Balaban J connectivity index is 1.67. The third-order valence-electron chi connectivity index (χ3n) is 6.31. The number of hydrogen-bond acceptors (Lipinski definition) is 8. The lowest BCUT2D eigenvalue weighted by Gasteiger charge is -2.11. The van der Waals surface area contributed by atoms with Gasteiger partial charge in [0, 0.05) is 12.7 Å². The molecule has 6 rings (SSSR count). The van der Waals surface area contributed by atoms with Crippen molar-refractivity contribution in [1.29, 1.82) is 0 Å². The number of aromatic amines is 1. The van der Waals surface area contributed by atoms with E-state index in [0.29, 0.717) is 51.2 Å². The number of carbonyl (C=O) groups excluding carboxylic acids is 1. The maximum absolute atomic E-state index is 13.4. The van der Waals surface area contributed by atoms with E-state index in [1.807, 2.05) is 24.3 Å². The highest BCUT2D eigenvalue weighted by Crippen LogP contribution is 2.34. The summed E-state index contributed by atoms with van der Waals surface area (Å²) in [5.74, 6) is 0.243. The number of H-pyrrole nitrogens is 1. The van der Waals surface area contributed by atoms with Crippen molar-refractivity contribution in [1.82, 2.24) is 19.4 Å². The lowest BCUT2D eigenvalue weighted by atomic mass is 10.2. The van der Waals surface area contributed by atoms with Gasteiger partial charge in [-0.2, -0.15) is 0 Å². The largest absolute Gasteiger partial charge is 0.493 e. The molecule has 0 spiro atoms. The molecule has 1 atom stereocenters. The van der Waals surface area contributed by atoms with Gasteiger partial charge in [-0.25, -0.2) is 14.8 Å². The molecule has 0 bridgehead atoms. The molecule has 0 aliphatic carbocycles. The summed E-state index contributed by atoms with van der Waals surface area (Å²) in [6, 6.07) is 10.7. The zero-order chi connectivity index (χ0) is 24.1. The van der Waals surface area contributed by atoms with Gasteiger partial charge in [-0.15, -0.1) is 0 Å². The van der Waals surface area contributed by atoms with Crippen molar-refractivity contribution in [2.45, 2.75) is 18.9 Å². The average molecular weight is 474 g/mol. The van der Waals surface area contributed by atoms with Crippen LogP contribution >= 0.6 is 0 Å². The van der Waals surface area contributed by atoms with E-state index in [1.165, 1.54) is 14.2 Å². The molecule has 1 fully saturated rings. The van der Waals surface area contributed by atoms with E-state index >= 15 is 0 Å². The summed E-state index contributed by atoms with van der Waals surface area (Å²) in [5.41, 5.74) is 2.51. The van der Waals surface area contributed by atoms with Crippen LogP contribution < -0.4 is 15.0 Å². The van der Waals surface area contributed by atoms with Crippen LogP contribution in [0.5, 0.6) is 11.5 Å². The molecule has 0 saturated carbocycles. The fourth-order valence-corrected chi connectivity index (χ4v) is 4.62. The maximum atomic E-state index is 13.4. The van der Waals surface area contributed by atoms with E-state index in [9.17, 15) is 9.59 Å². The number of aromatic nitrogens is 4. The molecule has 1 saturated heterocycles. The van der Waals surface area contributed by atoms with Crippen LogP contribution in [-0.2, 0) is 9.47 Å². The monoisotopic (exact) mass is 474 g/mol. The highest BCUT2D eigenvalue weighted by Gasteiger charge is 2.27. The van der Waals surface area contributed by atoms with Crippen LogP contribution in [0.1, 0.15) is 23.2 Å². The first kappa shape index (κ1) is 21.4. The van der Waals surface area contributed by atoms with Crippen molar-refractivity contribution in [2.24, 2.45) is 0 Å². The van der Waals surface area contributed by atoms with Crippen LogP contribution in [0.15, 0.2) is 41.2 Å². The average Bonchev–Trinajstić information content (AvgIpc) is 3.51. The molecule has 2 aromatic carbocycles. The second-order valence-corrected chi connectivity index (χ2v) is 8.36. The quantitative estimate of drug-likeness (QED) is 0.386. The van der Waals surface area contributed by atoms with Crippen LogP contribution in [0.25, 0.3) is 38.7 Å². The van der Waals surface area contributed by atoms with Gasteiger partial charge in [-0.1, -0.05) is 12.1 Å². The Bertz CT molecular complexity index is 1680. The van der Waals surface area contributed by atoms with Crippen molar-refractivity contribution >= 4 is 44.7 Å². The Labute approximate surface area is 198 Å². The number of para-hydroxylation sites is 2. The van der Waals surface area contributed by atoms with E-state index in [2.05, 4.69) is 4.98 Å². The third kappa shape index (κ3) is 3.36. The number of fused-ring (bicyclic) bond motifs is 6. The zero-order valence-electron chi connectivity index (χ0n) is 19.2. The Morgan fingerprint density at radius 2 is 1.89 bits per heavy atom. The highest BCUT2D eigenvalue weighted by molar-refractivity contribution is 6.11. The van der Waals surface area contributed by atoms with E-state index in [-0.39, 0.29) is 23.9 Å². The number of nitrogens with one attached hydrogen (secondary N) is 1. The Kier molecular flexibility index (Phi) is 5.03. The van der Waals surface area contributed by atoms with Crippen molar-refractivity contribution in [3.05, 3.63) is 52.3 Å². The molecule has 1 aliphatic heterocycles. The molecular weight excluding hydrogens is 452 g/mol. The molecular formula is C25H22N4O6. The summed E-state index contributed by atoms with van der Waals surface area (Å²) in [7, 11) is 3.02. The van der Waals surface area contributed by atoms with Crippen LogP contribution in [0, 0.1) is 0 Å². The Morgan fingerprint density at radius 1 is 1.14 bits per heavy atom. The fourth-order valence-electron chi connectivity index (χ4n) is 4.62. The highest BCUT2D eigenvalue weighted by atomic mass is 16.6. The lowest BCUT2D eigenvalue weighted by molar-refractivity contribution is 0.0164. The number of benzene rings is 2. The SMILES string of the molecule is COc1cc2c(=O)[nH]c3c(C(=O)OCC4CCCO4)c4nc5ccccc5nc4n3c2cc1OC. The summed E-state index contributed by atoms with van der Waals surface area (Å²) in [5, 5.41) is 0.348. The van der Waals surface area contributed by atoms with Crippen LogP contribution in [0.4, 0.5) is 0 Å². The van der Waals surface area contributed by atoms with Crippen molar-refractivity contribution < 1.29 is 23.7 Å². The molecule has 10 heteroatoms. The Hall–Kier alpha value is -4.18. The minimum atomic E-state index is -0.604. The number of rotatable bonds is 5. The number of hydrogen-bond donors (Lipinski definition) is 1. The van der Waals surface area contributed by atoms with E-state index < -0.39 is 11.5 Å². The normalized spacial score (nSPS) is 15.9. The summed E-state index contributed by atoms with van der Waals surface area (Å²) < 4.78 is 23.8. The minimum absolute atomic E-state index is 0.126. The number of carbonyl (C=O) groups is 1. The predicted octanol–water partition coefficient (Wildman–Crippen LogP) is 3.23. The molecule has 1 N–H and O–H groups in total. The lowest BCUT2D eigenvalue weighted by Crippen LogP contribution is -2.18. The third-order valence-corrected chi connectivity index (χ3v) is 6.31. The first-order chi connectivity index (χ1) is 17.1. The van der Waals surface area contributed by atoms with Gasteiger partial charge < -0.3 is 23.9 Å². The fraction of sp³-hybridized carbons (Fsp3) is 0.280. The zero-order valence-corrected chi connectivity index (χ0v) is 19.2. The molecule has 10 nitrogen and oxygen atoms in total. The molecule has 35 heavy (non-hydrogen) atoms. The molecule has 0 amide bonds. The number of methoxy groups -OCH3 is 2. The first-order valence-electron chi connectivity index (χ1n) is 11.3. The minimum Gasteiger partial charge on any atom is -0.493 e. The van der Waals surface area contributed by atoms with Crippen molar-refractivity contribution in [3.63, 3.8) is 0 Å². The van der Waals surface area contributed by atoms with Gasteiger partial charge in [0.15, 0.2) is 17.1 Å². The summed E-state index contributed by atoms with van der Waals surface area (Å²) in [6.07, 6.45) is 1.63. The number of ether oxygens (including phenoxy) is 4. The summed E-state index contributed by atoms with van der Waals surface area (Å²) >= 11 is 0. The molecule has 3 aromatic heterocycles. The molecule has 1 aliphatic rings. The number of esters is 1. The van der Waals surface area contributed by atoms with E-state index in [1.54, 1.807) is 16.5 Å². The van der Waals surface area contributed by atoms with Gasteiger partial charge in [0.05, 0.1) is 42.3 Å². The van der Waals surface area contributed by atoms with Gasteiger partial charge in [0.1, 0.15) is 23.3 Å². The standard InChI is InChI=1S/C25H22N4O6/c1-32-18-10-14-17(11-19(18)33-2)29-22(28-24(14)30)20(25(31)35-12-13-6-5-9-34-13)21-23(29)27-16-8-4-3-7-15(16)26-21/h3-4,7-8,10-11,13H,5-6,9,12H2,1-2H3,(H,28,30). The van der Waals surface area contributed by atoms with Gasteiger partial charge >= 0.3 is 5.97 Å². The van der Waals surface area contributed by atoms with Gasteiger partial charge in [-0.05, 0) is 31.0 Å².